The van der Waals surface area contributed by atoms with Crippen molar-refractivity contribution in [3.8, 4) is 0 Å². The minimum atomic E-state index is -1.58. The van der Waals surface area contributed by atoms with Gasteiger partial charge in [0.15, 0.2) is 0 Å². The third-order valence-corrected chi connectivity index (χ3v) is 3.31. The van der Waals surface area contributed by atoms with E-state index in [-0.39, 0.29) is 0 Å². The van der Waals surface area contributed by atoms with Crippen LogP contribution >= 0.6 is 24.0 Å². The van der Waals surface area contributed by atoms with E-state index >= 15 is 0 Å². The van der Waals surface area contributed by atoms with Gasteiger partial charge >= 0.3 is 0 Å². The molecule has 0 fully saturated rings. The fourth-order valence-corrected chi connectivity index (χ4v) is 1.78. The lowest BCUT2D eigenvalue weighted by Crippen LogP contribution is -2.16. The zero-order valence-electron chi connectivity index (χ0n) is 8.43. The third-order valence-electron chi connectivity index (χ3n) is 1.49. The van der Waals surface area contributed by atoms with Crippen LogP contribution in [0.3, 0.4) is 0 Å². The zero-order chi connectivity index (χ0) is 11.0. The Balaban J connectivity index is 3.30. The molecule has 0 amide bonds. The molecule has 0 saturated heterocycles. The van der Waals surface area contributed by atoms with E-state index in [4.69, 9.17) is 12.2 Å². The maximum Gasteiger partial charge on any atom is 0.266 e. The summed E-state index contributed by atoms with van der Waals surface area (Å²) >= 11 is 6.65. The fraction of sp³-hybridized carbons (Fsp3) is 0.667. The highest BCUT2D eigenvalue weighted by atomic mass is 32.2. The highest BCUT2D eigenvalue weighted by Crippen LogP contribution is 2.11. The zero-order valence-corrected chi connectivity index (χ0v) is 10.1. The Morgan fingerprint density at radius 1 is 1.36 bits per heavy atom. The number of hydrogen-bond acceptors (Lipinski definition) is 2. The molecule has 0 aliphatic heterocycles. The molecule has 0 aromatic rings. The highest BCUT2D eigenvalue weighted by molar-refractivity contribution is 8.22. The summed E-state index contributed by atoms with van der Waals surface area (Å²) in [5, 5.41) is 0. The number of nitrogens with zero attached hydrogens (tertiary/aromatic N) is 1. The molecule has 0 bridgehead atoms. The Kier molecular flexibility index (Phi) is 8.08. The van der Waals surface area contributed by atoms with Crippen molar-refractivity contribution in [3.05, 3.63) is 12.2 Å². The van der Waals surface area contributed by atoms with Crippen molar-refractivity contribution >= 4 is 28.3 Å². The molecule has 0 saturated carbocycles. The van der Waals surface area contributed by atoms with Crippen LogP contribution in [0.2, 0.25) is 0 Å². The van der Waals surface area contributed by atoms with Gasteiger partial charge in [-0.25, -0.2) is 0 Å². The smallest absolute Gasteiger partial charge is 0.266 e. The molecule has 0 aromatic carbocycles. The third kappa shape index (κ3) is 8.44. The summed E-state index contributed by atoms with van der Waals surface area (Å²) in [5.41, 5.74) is 0. The van der Waals surface area contributed by atoms with Crippen molar-refractivity contribution in [3.63, 3.8) is 0 Å². The maximum atomic E-state index is 11.6. The Morgan fingerprint density at radius 3 is 2.50 bits per heavy atom. The highest BCUT2D eigenvalue weighted by Gasteiger charge is 1.98. The minimum absolute atomic E-state index is 0.456. The van der Waals surface area contributed by atoms with Crippen molar-refractivity contribution in [2.24, 2.45) is 0 Å². The SMILES string of the molecule is CN(C)C(=S)SCCCCC=C(F)F. The lowest BCUT2D eigenvalue weighted by atomic mass is 10.2. The standard InChI is InChI=1S/C9H15F2NS2/c1-12(2)9(13)14-7-5-3-4-6-8(10)11/h6H,3-5,7H2,1-2H3. The van der Waals surface area contributed by atoms with Crippen LogP contribution in [0.15, 0.2) is 12.2 Å². The van der Waals surface area contributed by atoms with Crippen LogP contribution < -0.4 is 0 Å². The van der Waals surface area contributed by atoms with Crippen LogP contribution in [0.4, 0.5) is 8.78 Å². The second-order valence-electron chi connectivity index (χ2n) is 3.00. The van der Waals surface area contributed by atoms with E-state index in [1.807, 2.05) is 19.0 Å². The summed E-state index contributed by atoms with van der Waals surface area (Å²) in [7, 11) is 3.80. The van der Waals surface area contributed by atoms with Gasteiger partial charge in [0.05, 0.1) is 0 Å². The van der Waals surface area contributed by atoms with Crippen molar-refractivity contribution in [1.82, 2.24) is 4.90 Å². The Morgan fingerprint density at radius 2 is 2.00 bits per heavy atom. The molecule has 0 spiro atoms. The molecule has 0 aliphatic carbocycles. The average Bonchev–Trinajstić information content (AvgIpc) is 2.09. The van der Waals surface area contributed by atoms with Crippen LogP contribution in [-0.4, -0.2) is 29.1 Å². The predicted molar refractivity (Wildman–Crippen MR) is 62.9 cm³/mol. The molecule has 0 atom stereocenters. The first-order valence-electron chi connectivity index (χ1n) is 4.39. The molecule has 0 aliphatic rings. The lowest BCUT2D eigenvalue weighted by molar-refractivity contribution is 0.417. The number of unbranched alkanes of at least 4 members (excludes halogenated alkanes) is 2. The summed E-state index contributed by atoms with van der Waals surface area (Å²) < 4.78 is 24.1. The van der Waals surface area contributed by atoms with E-state index in [0.717, 1.165) is 29.0 Å². The van der Waals surface area contributed by atoms with Crippen molar-refractivity contribution in [2.45, 2.75) is 19.3 Å². The largest absolute Gasteiger partial charge is 0.364 e. The number of allylic oxidation sites excluding steroid dienone is 1. The molecular weight excluding hydrogens is 224 g/mol. The van der Waals surface area contributed by atoms with Gasteiger partial charge in [-0.05, 0) is 25.3 Å². The molecule has 0 radical (unpaired) electrons. The van der Waals surface area contributed by atoms with Crippen molar-refractivity contribution < 1.29 is 8.78 Å². The van der Waals surface area contributed by atoms with Gasteiger partial charge in [0.1, 0.15) is 4.32 Å². The predicted octanol–water partition coefficient (Wildman–Crippen LogP) is 3.52. The summed E-state index contributed by atoms with van der Waals surface area (Å²) in [6.45, 7) is 0. The van der Waals surface area contributed by atoms with E-state index in [9.17, 15) is 8.78 Å². The van der Waals surface area contributed by atoms with E-state index in [0.29, 0.717) is 6.42 Å². The number of thioether (sulfide) groups is 1. The van der Waals surface area contributed by atoms with Gasteiger partial charge in [-0.1, -0.05) is 24.0 Å². The maximum absolute atomic E-state index is 11.6. The number of rotatable bonds is 5. The molecule has 0 N–H and O–H groups in total. The first kappa shape index (κ1) is 13.8. The number of hydrogen-bond donors (Lipinski definition) is 0. The van der Waals surface area contributed by atoms with Gasteiger partial charge < -0.3 is 4.90 Å². The molecule has 0 aromatic heterocycles. The summed E-state index contributed by atoms with van der Waals surface area (Å²) in [5.74, 6) is 0.902. The first-order chi connectivity index (χ1) is 6.54. The summed E-state index contributed by atoms with van der Waals surface area (Å²) in [4.78, 5) is 1.88. The van der Waals surface area contributed by atoms with Crippen LogP contribution in [-0.2, 0) is 0 Å². The van der Waals surface area contributed by atoms with Crippen molar-refractivity contribution in [1.29, 1.82) is 0 Å². The van der Waals surface area contributed by atoms with Gasteiger partial charge in [0.2, 0.25) is 0 Å². The first-order valence-corrected chi connectivity index (χ1v) is 5.78. The van der Waals surface area contributed by atoms with E-state index in [1.165, 1.54) is 0 Å². The molecule has 0 rings (SSSR count). The molecule has 1 nitrogen and oxygen atoms in total. The quantitative estimate of drug-likeness (QED) is 0.534. The summed E-state index contributed by atoms with van der Waals surface area (Å²) in [6, 6.07) is 0. The normalized spacial score (nSPS) is 9.71. The average molecular weight is 239 g/mol. The van der Waals surface area contributed by atoms with Crippen LogP contribution in [0.25, 0.3) is 0 Å². The minimum Gasteiger partial charge on any atom is -0.364 e. The van der Waals surface area contributed by atoms with Gasteiger partial charge in [-0.2, -0.15) is 8.78 Å². The van der Waals surface area contributed by atoms with E-state index < -0.39 is 6.08 Å². The molecule has 5 heteroatoms. The Hall–Kier alpha value is -0.160. The number of thiocarbonyl (C=S) groups is 1. The monoisotopic (exact) mass is 239 g/mol. The van der Waals surface area contributed by atoms with Gasteiger partial charge in [0, 0.05) is 19.8 Å². The molecule has 0 unspecified atom stereocenters. The van der Waals surface area contributed by atoms with Crippen LogP contribution in [0.5, 0.6) is 0 Å². The van der Waals surface area contributed by atoms with E-state index in [2.05, 4.69) is 0 Å². The topological polar surface area (TPSA) is 3.24 Å². The van der Waals surface area contributed by atoms with Gasteiger partial charge in [-0.3, -0.25) is 0 Å². The Labute approximate surface area is 93.5 Å². The molecule has 14 heavy (non-hydrogen) atoms. The molecular formula is C9H15F2NS2. The second kappa shape index (κ2) is 8.17. The van der Waals surface area contributed by atoms with Crippen LogP contribution in [0.1, 0.15) is 19.3 Å². The van der Waals surface area contributed by atoms with E-state index in [1.54, 1.807) is 11.8 Å². The van der Waals surface area contributed by atoms with Crippen LogP contribution in [0, 0.1) is 0 Å². The van der Waals surface area contributed by atoms with Gasteiger partial charge in [0.25, 0.3) is 6.08 Å². The lowest BCUT2D eigenvalue weighted by Gasteiger charge is -2.11. The summed E-state index contributed by atoms with van der Waals surface area (Å²) in [6.07, 6.45) is 1.55. The Bertz CT molecular complexity index is 201. The molecule has 0 heterocycles. The van der Waals surface area contributed by atoms with Crippen molar-refractivity contribution in [2.75, 3.05) is 19.8 Å². The van der Waals surface area contributed by atoms with Gasteiger partial charge in [-0.15, -0.1) is 0 Å². The fourth-order valence-electron chi connectivity index (χ4n) is 0.746. The molecule has 82 valence electrons. The second-order valence-corrected chi connectivity index (χ2v) is 4.73. The number of halogens is 2.